The van der Waals surface area contributed by atoms with E-state index in [1.54, 1.807) is 12.1 Å². The summed E-state index contributed by atoms with van der Waals surface area (Å²) < 4.78 is 62.4. The van der Waals surface area contributed by atoms with Gasteiger partial charge in [0.1, 0.15) is 10.6 Å². The maximum atomic E-state index is 12.1. The summed E-state index contributed by atoms with van der Waals surface area (Å²) in [6.07, 6.45) is 0. The molecule has 0 radical (unpaired) electrons. The minimum atomic E-state index is -4.64. The van der Waals surface area contributed by atoms with E-state index < -0.39 is 30.8 Å². The summed E-state index contributed by atoms with van der Waals surface area (Å²) in [5.41, 5.74) is 1.37. The SMILES string of the molecule is C=CS(=O)(=O)c1ccc(Nc2nc(Cl)nc(Nc3ccc(/N=N/c4cc(SOOO)c5cccc(S(=O)(=O)O)c5c4)c(NC(C)=O)c3)n2)cc1. The van der Waals surface area contributed by atoms with Crippen LogP contribution in [0.25, 0.3) is 10.8 Å². The van der Waals surface area contributed by atoms with E-state index in [9.17, 15) is 26.2 Å². The van der Waals surface area contributed by atoms with Gasteiger partial charge in [0.25, 0.3) is 10.1 Å². The normalized spacial score (nSPS) is 11.8. The zero-order valence-electron chi connectivity index (χ0n) is 25.3. The number of carbonyl (C=O) groups is 1. The molecule has 4 aromatic carbocycles. The number of hydrogen-bond donors (Lipinski definition) is 5. The highest BCUT2D eigenvalue weighted by atomic mass is 35.5. The van der Waals surface area contributed by atoms with Gasteiger partial charge in [-0.1, -0.05) is 23.7 Å². The van der Waals surface area contributed by atoms with E-state index >= 15 is 0 Å². The summed E-state index contributed by atoms with van der Waals surface area (Å²) >= 11 is 6.68. The number of rotatable bonds is 13. The second-order valence-electron chi connectivity index (χ2n) is 9.85. The molecule has 0 aliphatic carbocycles. The molecule has 0 saturated heterocycles. The van der Waals surface area contributed by atoms with Crippen molar-refractivity contribution in [2.45, 2.75) is 21.6 Å². The van der Waals surface area contributed by atoms with Gasteiger partial charge in [-0.05, 0) is 77.7 Å². The van der Waals surface area contributed by atoms with E-state index in [0.29, 0.717) is 28.8 Å². The molecule has 17 nitrogen and oxygen atoms in total. The van der Waals surface area contributed by atoms with E-state index in [-0.39, 0.29) is 49.4 Å². The number of azo groups is 1. The maximum absolute atomic E-state index is 12.1. The van der Waals surface area contributed by atoms with Crippen LogP contribution in [0.3, 0.4) is 0 Å². The molecule has 5 N–H and O–H groups in total. The first-order valence-electron chi connectivity index (χ1n) is 13.7. The molecule has 21 heteroatoms. The quantitative estimate of drug-likeness (QED) is 0.0263. The van der Waals surface area contributed by atoms with E-state index in [4.69, 9.17) is 16.9 Å². The standard InChI is InChI=1S/C29H23ClN8O9S3/c1-3-49(41,42)20-10-7-17(8-11-20)32-28-34-27(30)35-29(36-28)33-18-9-12-23(24(14-18)31-16(2)39)38-37-19-13-22-21(25(15-19)48-47-46-40)5-4-6-26(22)50(43,44)45/h3-15,40H,1H2,2H3,(H,31,39)(H,43,44,45)(H2,32,33,34,35,36)/b38-37+. The van der Waals surface area contributed by atoms with Crippen molar-refractivity contribution in [1.29, 1.82) is 0 Å². The zero-order chi connectivity index (χ0) is 36.1. The highest BCUT2D eigenvalue weighted by Crippen LogP contribution is 2.38. The Morgan fingerprint density at radius 1 is 0.920 bits per heavy atom. The number of hydrogen-bond acceptors (Lipinski definition) is 16. The van der Waals surface area contributed by atoms with Crippen molar-refractivity contribution < 1.29 is 40.8 Å². The van der Waals surface area contributed by atoms with Gasteiger partial charge in [0.15, 0.2) is 9.84 Å². The van der Waals surface area contributed by atoms with Crippen molar-refractivity contribution in [3.05, 3.63) is 90.1 Å². The molecule has 0 aliphatic rings. The smallest absolute Gasteiger partial charge is 0.295 e. The lowest BCUT2D eigenvalue weighted by Crippen LogP contribution is -2.07. The van der Waals surface area contributed by atoms with Crippen LogP contribution in [0, 0.1) is 0 Å². The Labute approximate surface area is 293 Å². The van der Waals surface area contributed by atoms with Crippen LogP contribution >= 0.6 is 23.6 Å². The number of halogens is 1. The third kappa shape index (κ3) is 8.94. The number of aromatic nitrogens is 3. The van der Waals surface area contributed by atoms with Gasteiger partial charge < -0.3 is 16.0 Å². The number of carbonyl (C=O) groups excluding carboxylic acids is 1. The van der Waals surface area contributed by atoms with Crippen LogP contribution in [0.2, 0.25) is 5.28 Å². The molecule has 258 valence electrons. The molecule has 0 bridgehead atoms. The van der Waals surface area contributed by atoms with Crippen molar-refractivity contribution in [2.75, 3.05) is 16.0 Å². The molecule has 0 spiro atoms. The van der Waals surface area contributed by atoms with Crippen LogP contribution in [-0.4, -0.2) is 47.5 Å². The third-order valence-corrected chi connectivity index (χ3v) is 9.53. The zero-order valence-corrected chi connectivity index (χ0v) is 28.5. The first-order valence-corrected chi connectivity index (χ1v) is 17.8. The van der Waals surface area contributed by atoms with Gasteiger partial charge in [-0.15, -0.1) is 9.45 Å². The summed E-state index contributed by atoms with van der Waals surface area (Å²) in [5.74, 6) is -0.365. The molecule has 0 saturated carbocycles. The number of anilines is 5. The second kappa shape index (κ2) is 15.2. The van der Waals surface area contributed by atoms with Crippen molar-refractivity contribution >= 4 is 101 Å². The van der Waals surface area contributed by atoms with Crippen LogP contribution in [0.1, 0.15) is 6.92 Å². The fourth-order valence-corrected chi connectivity index (χ4v) is 6.47. The molecular formula is C29H23ClN8O9S3. The lowest BCUT2D eigenvalue weighted by molar-refractivity contribution is -0.432. The van der Waals surface area contributed by atoms with Crippen LogP contribution in [0.5, 0.6) is 0 Å². The minimum Gasteiger partial charge on any atom is -0.324 e. The molecule has 1 aromatic heterocycles. The molecule has 5 rings (SSSR count). The molecule has 5 aromatic rings. The Morgan fingerprint density at radius 3 is 2.24 bits per heavy atom. The van der Waals surface area contributed by atoms with Gasteiger partial charge in [-0.2, -0.15) is 28.5 Å². The van der Waals surface area contributed by atoms with Crippen LogP contribution < -0.4 is 16.0 Å². The molecule has 50 heavy (non-hydrogen) atoms. The Hall–Kier alpha value is -5.06. The lowest BCUT2D eigenvalue weighted by atomic mass is 10.1. The number of sulfone groups is 1. The largest absolute Gasteiger partial charge is 0.324 e. The molecule has 0 unspecified atom stereocenters. The molecule has 1 amide bonds. The fraction of sp³-hybridized carbons (Fsp3) is 0.0345. The van der Waals surface area contributed by atoms with Crippen LogP contribution in [-0.2, 0) is 34.1 Å². The average molecular weight is 759 g/mol. The monoisotopic (exact) mass is 758 g/mol. The van der Waals surface area contributed by atoms with Crippen molar-refractivity contribution in [1.82, 2.24) is 15.0 Å². The number of fused-ring (bicyclic) bond motifs is 1. The number of nitrogens with zero attached hydrogens (tertiary/aromatic N) is 5. The fourth-order valence-electron chi connectivity index (χ4n) is 4.36. The Kier molecular flexibility index (Phi) is 11.0. The van der Waals surface area contributed by atoms with E-state index in [2.05, 4.69) is 57.1 Å². The Morgan fingerprint density at radius 2 is 1.60 bits per heavy atom. The average Bonchev–Trinajstić information content (AvgIpc) is 3.06. The second-order valence-corrected chi connectivity index (χ2v) is 14.2. The van der Waals surface area contributed by atoms with Gasteiger partial charge in [0, 0.05) is 34.0 Å². The Bertz CT molecular complexity index is 2360. The summed E-state index contributed by atoms with van der Waals surface area (Å²) in [6.45, 7) is 4.60. The summed E-state index contributed by atoms with van der Waals surface area (Å²) in [7, 11) is -8.25. The van der Waals surface area contributed by atoms with Crippen molar-refractivity contribution in [2.24, 2.45) is 10.2 Å². The highest BCUT2D eigenvalue weighted by Gasteiger charge is 2.18. The molecule has 0 fully saturated rings. The first-order chi connectivity index (χ1) is 23.7. The summed E-state index contributed by atoms with van der Waals surface area (Å²) in [5, 5.41) is 30.4. The molecular weight excluding hydrogens is 736 g/mol. The molecule has 1 heterocycles. The van der Waals surface area contributed by atoms with Crippen molar-refractivity contribution in [3.63, 3.8) is 0 Å². The Balaban J connectivity index is 1.43. The van der Waals surface area contributed by atoms with Gasteiger partial charge >= 0.3 is 0 Å². The van der Waals surface area contributed by atoms with Crippen LogP contribution in [0.4, 0.5) is 40.3 Å². The topological polar surface area (TPSA) is 244 Å². The minimum absolute atomic E-state index is 0.0198. The predicted octanol–water partition coefficient (Wildman–Crippen LogP) is 7.13. The molecule has 0 aliphatic heterocycles. The summed E-state index contributed by atoms with van der Waals surface area (Å²) in [4.78, 5) is 24.4. The number of benzene rings is 4. The highest BCUT2D eigenvalue weighted by molar-refractivity contribution is 7.95. The van der Waals surface area contributed by atoms with Crippen molar-refractivity contribution in [3.8, 4) is 0 Å². The predicted molar refractivity (Wildman–Crippen MR) is 185 cm³/mol. The van der Waals surface area contributed by atoms with Gasteiger partial charge in [-0.3, -0.25) is 9.35 Å². The first kappa shape index (κ1) is 36.2. The van der Waals surface area contributed by atoms with Gasteiger partial charge in [-0.25, -0.2) is 13.7 Å². The van der Waals surface area contributed by atoms with Gasteiger partial charge in [0.2, 0.25) is 23.1 Å². The van der Waals surface area contributed by atoms with Crippen LogP contribution in [0.15, 0.2) is 110 Å². The van der Waals surface area contributed by atoms with Gasteiger partial charge in [0.05, 0.1) is 28.3 Å². The third-order valence-electron chi connectivity index (χ3n) is 6.44. The van der Waals surface area contributed by atoms with E-state index in [0.717, 1.165) is 5.41 Å². The lowest BCUT2D eigenvalue weighted by Gasteiger charge is -2.12. The molecule has 0 atom stereocenters. The summed E-state index contributed by atoms with van der Waals surface area (Å²) in [6, 6.07) is 17.4. The van der Waals surface area contributed by atoms with E-state index in [1.165, 1.54) is 67.6 Å². The van der Waals surface area contributed by atoms with E-state index in [1.807, 2.05) is 0 Å². The maximum Gasteiger partial charge on any atom is 0.295 e. The number of nitrogens with one attached hydrogen (secondary N) is 3. The number of amides is 1.